The minimum atomic E-state index is -4.90. The molecule has 8 nitrogen and oxygen atoms in total. The predicted molar refractivity (Wildman–Crippen MR) is 156 cm³/mol. The van der Waals surface area contributed by atoms with Crippen molar-refractivity contribution >= 4 is 45.9 Å². The fraction of sp³-hybridized carbons (Fsp3) is 0.267. The largest absolute Gasteiger partial charge is 0.494 e. The number of amides is 2. The molecule has 2 aromatic heterocycles. The van der Waals surface area contributed by atoms with E-state index in [-0.39, 0.29) is 45.5 Å². The van der Waals surface area contributed by atoms with Crippen molar-refractivity contribution < 1.29 is 36.6 Å². The van der Waals surface area contributed by atoms with Gasteiger partial charge in [-0.25, -0.2) is 14.4 Å². The van der Waals surface area contributed by atoms with Gasteiger partial charge in [-0.2, -0.15) is 13.2 Å². The Hall–Kier alpha value is -4.16. The van der Waals surface area contributed by atoms with Gasteiger partial charge in [0.25, 0.3) is 5.91 Å². The Labute approximate surface area is 258 Å². The highest BCUT2D eigenvalue weighted by atomic mass is 35.5. The molecule has 0 saturated carbocycles. The number of benzene rings is 2. The summed E-state index contributed by atoms with van der Waals surface area (Å²) in [6, 6.07) is 8.97. The molecule has 44 heavy (non-hydrogen) atoms. The number of rotatable bonds is 7. The second kappa shape index (κ2) is 11.4. The molecule has 2 aromatic carbocycles. The Morgan fingerprint density at radius 2 is 1.86 bits per heavy atom. The number of methoxy groups -OCH3 is 1. The van der Waals surface area contributed by atoms with E-state index < -0.39 is 47.4 Å². The average molecular weight is 651 g/mol. The van der Waals surface area contributed by atoms with Gasteiger partial charge in [-0.05, 0) is 56.3 Å². The smallest absolute Gasteiger partial charge is 0.398 e. The lowest BCUT2D eigenvalue weighted by atomic mass is 9.82. The predicted octanol–water partition coefficient (Wildman–Crippen LogP) is 6.27. The maximum Gasteiger partial charge on any atom is 0.398 e. The summed E-state index contributed by atoms with van der Waals surface area (Å²) in [6.45, 7) is 1.96. The van der Waals surface area contributed by atoms with Crippen molar-refractivity contribution in [2.75, 3.05) is 20.3 Å². The van der Waals surface area contributed by atoms with Gasteiger partial charge < -0.3 is 20.5 Å². The summed E-state index contributed by atoms with van der Waals surface area (Å²) in [5.41, 5.74) is 4.72. The van der Waals surface area contributed by atoms with Gasteiger partial charge >= 0.3 is 6.18 Å². The van der Waals surface area contributed by atoms with Crippen LogP contribution in [0.4, 0.5) is 17.6 Å². The molecule has 0 aliphatic carbocycles. The first-order valence-electron chi connectivity index (χ1n) is 13.1. The van der Waals surface area contributed by atoms with E-state index in [1.54, 1.807) is 13.0 Å². The van der Waals surface area contributed by atoms with Gasteiger partial charge in [0.1, 0.15) is 46.5 Å². The SMILES string of the molecule is COc1cc(C(=O)NCC(c2cc3c(c(-c4ccc(F)c(Cl)c4)n2)OC[C@]3(C)C(N)=O)C(F)(F)F)cc2cc(Cl)c(C)nc12. The highest BCUT2D eigenvalue weighted by Crippen LogP contribution is 2.47. The van der Waals surface area contributed by atoms with E-state index in [0.717, 1.165) is 12.1 Å². The van der Waals surface area contributed by atoms with Gasteiger partial charge in [-0.3, -0.25) is 9.59 Å². The summed E-state index contributed by atoms with van der Waals surface area (Å²) in [5, 5.41) is 2.82. The van der Waals surface area contributed by atoms with E-state index in [4.69, 9.17) is 38.4 Å². The van der Waals surface area contributed by atoms with Crippen LogP contribution in [0, 0.1) is 12.7 Å². The summed E-state index contributed by atoms with van der Waals surface area (Å²) in [6.07, 6.45) is -4.90. The van der Waals surface area contributed by atoms with Gasteiger partial charge in [0, 0.05) is 28.6 Å². The van der Waals surface area contributed by atoms with Gasteiger partial charge in [-0.15, -0.1) is 0 Å². The van der Waals surface area contributed by atoms with Crippen LogP contribution in [-0.2, 0) is 10.2 Å². The number of nitrogens with zero attached hydrogens (tertiary/aromatic N) is 2. The molecule has 1 aliphatic rings. The van der Waals surface area contributed by atoms with Crippen LogP contribution in [-0.4, -0.2) is 48.2 Å². The molecule has 3 N–H and O–H groups in total. The Balaban J connectivity index is 1.56. The van der Waals surface area contributed by atoms with Gasteiger partial charge in [-0.1, -0.05) is 23.2 Å². The zero-order valence-electron chi connectivity index (χ0n) is 23.4. The van der Waals surface area contributed by atoms with Crippen molar-refractivity contribution in [3.05, 3.63) is 80.8 Å². The third-order valence-electron chi connectivity index (χ3n) is 7.54. The van der Waals surface area contributed by atoms with Crippen LogP contribution in [0.2, 0.25) is 10.0 Å². The monoisotopic (exact) mass is 650 g/mol. The minimum Gasteiger partial charge on any atom is -0.494 e. The topological polar surface area (TPSA) is 116 Å². The number of carbonyl (C=O) groups excluding carboxylic acids is 2. The number of alkyl halides is 3. The molecule has 1 aliphatic heterocycles. The second-order valence-corrected chi connectivity index (χ2v) is 11.3. The highest BCUT2D eigenvalue weighted by molar-refractivity contribution is 6.32. The highest BCUT2D eigenvalue weighted by Gasteiger charge is 2.47. The third-order valence-corrected chi connectivity index (χ3v) is 8.21. The molecule has 1 unspecified atom stereocenters. The fourth-order valence-corrected chi connectivity index (χ4v) is 5.26. The maximum absolute atomic E-state index is 14.6. The van der Waals surface area contributed by atoms with Crippen molar-refractivity contribution in [3.8, 4) is 22.8 Å². The Morgan fingerprint density at radius 1 is 1.14 bits per heavy atom. The van der Waals surface area contributed by atoms with Crippen LogP contribution in [0.15, 0.2) is 42.5 Å². The lowest BCUT2D eigenvalue weighted by Crippen LogP contribution is -2.40. The number of aryl methyl sites for hydroxylation is 1. The van der Waals surface area contributed by atoms with E-state index in [2.05, 4.69) is 15.3 Å². The number of halogens is 6. The summed E-state index contributed by atoms with van der Waals surface area (Å²) >= 11 is 12.1. The van der Waals surface area contributed by atoms with E-state index in [0.29, 0.717) is 21.6 Å². The van der Waals surface area contributed by atoms with Crippen LogP contribution in [0.5, 0.6) is 11.5 Å². The summed E-state index contributed by atoms with van der Waals surface area (Å²) in [5.74, 6) is -4.48. The normalized spacial score (nSPS) is 16.8. The van der Waals surface area contributed by atoms with Crippen molar-refractivity contribution in [1.82, 2.24) is 15.3 Å². The number of ether oxygens (including phenoxy) is 2. The van der Waals surface area contributed by atoms with E-state index >= 15 is 0 Å². The van der Waals surface area contributed by atoms with E-state index in [1.807, 2.05) is 0 Å². The zero-order valence-corrected chi connectivity index (χ0v) is 24.9. The van der Waals surface area contributed by atoms with Crippen molar-refractivity contribution in [2.45, 2.75) is 31.4 Å². The Morgan fingerprint density at radius 3 is 2.50 bits per heavy atom. The number of pyridine rings is 2. The third kappa shape index (κ3) is 5.59. The first-order valence-corrected chi connectivity index (χ1v) is 13.8. The number of hydrogen-bond acceptors (Lipinski definition) is 6. The molecular weight excluding hydrogens is 627 g/mol. The van der Waals surface area contributed by atoms with Gasteiger partial charge in [0.2, 0.25) is 5.91 Å². The minimum absolute atomic E-state index is 0.00949. The first kappa shape index (κ1) is 31.3. The van der Waals surface area contributed by atoms with Crippen LogP contribution in [0.25, 0.3) is 22.2 Å². The van der Waals surface area contributed by atoms with Crippen molar-refractivity contribution in [2.24, 2.45) is 5.73 Å². The number of primary amides is 1. The molecule has 4 aromatic rings. The molecule has 0 saturated heterocycles. The maximum atomic E-state index is 14.6. The number of nitrogens with one attached hydrogen (secondary N) is 1. The quantitative estimate of drug-likeness (QED) is 0.228. The molecule has 2 atom stereocenters. The number of nitrogens with two attached hydrogens (primary N) is 1. The van der Waals surface area contributed by atoms with Crippen molar-refractivity contribution in [1.29, 1.82) is 0 Å². The molecule has 230 valence electrons. The molecule has 0 fully saturated rings. The number of aromatic nitrogens is 2. The molecule has 5 rings (SSSR count). The first-order chi connectivity index (χ1) is 20.6. The molecule has 14 heteroatoms. The number of fused-ring (bicyclic) bond motifs is 2. The molecule has 3 heterocycles. The average Bonchev–Trinajstić information content (AvgIpc) is 3.31. The van der Waals surface area contributed by atoms with Crippen LogP contribution in [0.3, 0.4) is 0 Å². The Bertz CT molecular complexity index is 1840. The molecule has 0 bridgehead atoms. The molecular formula is C30H24Cl2F4N4O4. The van der Waals surface area contributed by atoms with Gasteiger partial charge in [0.15, 0.2) is 0 Å². The summed E-state index contributed by atoms with van der Waals surface area (Å²) in [4.78, 5) is 34.2. The Kier molecular flexibility index (Phi) is 8.10. The second-order valence-electron chi connectivity index (χ2n) is 10.5. The van der Waals surface area contributed by atoms with Crippen LogP contribution < -0.4 is 20.5 Å². The lowest BCUT2D eigenvalue weighted by Gasteiger charge is -2.24. The molecule has 0 spiro atoms. The summed E-state index contributed by atoms with van der Waals surface area (Å²) < 4.78 is 68.8. The standard InChI is InChI=1S/C30H24Cl2F4N4O4/c1-13-19(31)8-15-6-16(9-23(43-3)24(15)39-13)27(41)38-11-18(30(34,35)36)22-10-17-26(44-12-29(17,2)28(37)42)25(40-22)14-4-5-21(33)20(32)7-14/h4-10,18H,11-12H2,1-3H3,(H2,37,42)(H,38,41)/t18?,29-/m0/s1. The number of hydrogen-bond donors (Lipinski definition) is 2. The lowest BCUT2D eigenvalue weighted by molar-refractivity contribution is -0.149. The number of carbonyl (C=O) groups is 2. The summed E-state index contributed by atoms with van der Waals surface area (Å²) in [7, 11) is 1.37. The van der Waals surface area contributed by atoms with Crippen LogP contribution in [0.1, 0.15) is 40.2 Å². The fourth-order valence-electron chi connectivity index (χ4n) is 4.92. The molecule has 0 radical (unpaired) electrons. The van der Waals surface area contributed by atoms with E-state index in [1.165, 1.54) is 38.3 Å². The van der Waals surface area contributed by atoms with Crippen molar-refractivity contribution in [3.63, 3.8) is 0 Å². The zero-order chi connectivity index (χ0) is 32.1. The molecule has 2 amide bonds. The van der Waals surface area contributed by atoms with Crippen LogP contribution >= 0.6 is 23.2 Å². The van der Waals surface area contributed by atoms with E-state index in [9.17, 15) is 27.2 Å². The van der Waals surface area contributed by atoms with Gasteiger partial charge in [0.05, 0.1) is 28.5 Å².